The molecule has 134 valence electrons. The molecule has 2 aromatic rings. The van der Waals surface area contributed by atoms with Crippen molar-refractivity contribution in [3.8, 4) is 0 Å². The van der Waals surface area contributed by atoms with E-state index in [-0.39, 0.29) is 11.7 Å². The van der Waals surface area contributed by atoms with E-state index in [0.29, 0.717) is 21.8 Å². The first-order valence-electron chi connectivity index (χ1n) is 8.44. The zero-order valence-corrected chi connectivity index (χ0v) is 15.7. The molecule has 3 rings (SSSR count). The van der Waals surface area contributed by atoms with Gasteiger partial charge in [0.25, 0.3) is 0 Å². The van der Waals surface area contributed by atoms with Crippen molar-refractivity contribution in [3.63, 3.8) is 0 Å². The highest BCUT2D eigenvalue weighted by Crippen LogP contribution is 2.32. The van der Waals surface area contributed by atoms with Crippen LogP contribution in [0.5, 0.6) is 0 Å². The number of amides is 1. The fourth-order valence-corrected chi connectivity index (χ4v) is 3.87. The summed E-state index contributed by atoms with van der Waals surface area (Å²) in [7, 11) is 0. The highest BCUT2D eigenvalue weighted by atomic mass is 35.5. The van der Waals surface area contributed by atoms with Crippen LogP contribution in [0, 0.1) is 6.92 Å². The van der Waals surface area contributed by atoms with Gasteiger partial charge in [-0.3, -0.25) is 4.79 Å². The van der Waals surface area contributed by atoms with Gasteiger partial charge in [-0.05, 0) is 37.5 Å². The van der Waals surface area contributed by atoms with Crippen molar-refractivity contribution < 1.29 is 4.79 Å². The minimum absolute atomic E-state index is 0.132. The second-order valence-corrected chi connectivity index (χ2v) is 7.70. The molecule has 0 bridgehead atoms. The lowest BCUT2D eigenvalue weighted by atomic mass is 9.89. The Morgan fingerprint density at radius 2 is 2.12 bits per heavy atom. The monoisotopic (exact) mass is 379 g/mol. The van der Waals surface area contributed by atoms with Crippen LogP contribution in [0.3, 0.4) is 0 Å². The second kappa shape index (κ2) is 8.10. The van der Waals surface area contributed by atoms with Crippen molar-refractivity contribution in [2.75, 3.05) is 16.9 Å². The van der Waals surface area contributed by atoms with Gasteiger partial charge in [-0.15, -0.1) is 10.2 Å². The van der Waals surface area contributed by atoms with Crippen molar-refractivity contribution >= 4 is 35.0 Å². The first kappa shape index (κ1) is 18.1. The first-order valence-corrected chi connectivity index (χ1v) is 9.80. The number of hydrogen-bond donors (Lipinski definition) is 2. The van der Waals surface area contributed by atoms with Gasteiger partial charge in [-0.25, -0.2) is 4.68 Å². The van der Waals surface area contributed by atoms with Gasteiger partial charge in [0, 0.05) is 16.6 Å². The second-order valence-electron chi connectivity index (χ2n) is 6.35. The lowest BCUT2D eigenvalue weighted by molar-refractivity contribution is -0.113. The molecule has 0 atom stereocenters. The van der Waals surface area contributed by atoms with Crippen LogP contribution in [-0.4, -0.2) is 26.5 Å². The van der Waals surface area contributed by atoms with Gasteiger partial charge in [0.2, 0.25) is 11.1 Å². The maximum atomic E-state index is 12.1. The number of nitrogens with two attached hydrogens (primary N) is 1. The Kier molecular flexibility index (Phi) is 5.86. The van der Waals surface area contributed by atoms with Crippen molar-refractivity contribution in [2.24, 2.45) is 0 Å². The van der Waals surface area contributed by atoms with E-state index in [1.807, 2.05) is 19.1 Å². The van der Waals surface area contributed by atoms with E-state index in [4.69, 9.17) is 17.4 Å². The van der Waals surface area contributed by atoms with Crippen molar-refractivity contribution in [3.05, 3.63) is 34.6 Å². The molecular weight excluding hydrogens is 358 g/mol. The molecule has 1 heterocycles. The molecule has 1 saturated carbocycles. The minimum Gasteiger partial charge on any atom is -0.336 e. The number of thioether (sulfide) groups is 1. The van der Waals surface area contributed by atoms with E-state index >= 15 is 0 Å². The molecule has 0 aliphatic heterocycles. The molecule has 0 spiro atoms. The quantitative estimate of drug-likeness (QED) is 0.610. The normalized spacial score (nSPS) is 15.3. The lowest BCUT2D eigenvalue weighted by Gasteiger charge is -2.20. The van der Waals surface area contributed by atoms with Crippen LogP contribution in [0.4, 0.5) is 5.69 Å². The molecule has 1 aromatic carbocycles. The summed E-state index contributed by atoms with van der Waals surface area (Å²) in [4.78, 5) is 12.1. The number of hydrogen-bond acceptors (Lipinski definition) is 5. The summed E-state index contributed by atoms with van der Waals surface area (Å²) in [5.41, 5.74) is 1.65. The van der Waals surface area contributed by atoms with E-state index < -0.39 is 0 Å². The lowest BCUT2D eigenvalue weighted by Crippen LogP contribution is -2.19. The zero-order chi connectivity index (χ0) is 17.8. The molecule has 6 nitrogen and oxygen atoms in total. The summed E-state index contributed by atoms with van der Waals surface area (Å²) < 4.78 is 1.54. The third kappa shape index (κ3) is 4.46. The molecule has 0 unspecified atom stereocenters. The SMILES string of the molecule is Cc1ccc(NC(=O)CSc2nnc(C3CCCCC3)n2N)cc1Cl. The van der Waals surface area contributed by atoms with Gasteiger partial charge in [0.15, 0.2) is 5.82 Å². The molecular formula is C17H22ClN5OS. The molecule has 1 aliphatic rings. The van der Waals surface area contributed by atoms with E-state index in [9.17, 15) is 4.79 Å². The minimum atomic E-state index is -0.132. The summed E-state index contributed by atoms with van der Waals surface area (Å²) in [5.74, 6) is 7.42. The maximum Gasteiger partial charge on any atom is 0.234 e. The Hall–Kier alpha value is -1.73. The highest BCUT2D eigenvalue weighted by molar-refractivity contribution is 7.99. The summed E-state index contributed by atoms with van der Waals surface area (Å²) in [6.07, 6.45) is 5.91. The number of aryl methyl sites for hydroxylation is 1. The van der Waals surface area contributed by atoms with Crippen LogP contribution in [-0.2, 0) is 4.79 Å². The van der Waals surface area contributed by atoms with Crippen LogP contribution in [0.25, 0.3) is 0 Å². The van der Waals surface area contributed by atoms with Crippen LogP contribution < -0.4 is 11.2 Å². The van der Waals surface area contributed by atoms with E-state index in [0.717, 1.165) is 24.2 Å². The number of nitrogen functional groups attached to an aromatic ring is 1. The number of nitrogens with zero attached hydrogens (tertiary/aromatic N) is 3. The van der Waals surface area contributed by atoms with E-state index in [1.54, 1.807) is 6.07 Å². The summed E-state index contributed by atoms with van der Waals surface area (Å²) >= 11 is 7.36. The molecule has 8 heteroatoms. The van der Waals surface area contributed by atoms with Crippen LogP contribution >= 0.6 is 23.4 Å². The number of nitrogens with one attached hydrogen (secondary N) is 1. The number of benzene rings is 1. The summed E-state index contributed by atoms with van der Waals surface area (Å²) in [6, 6.07) is 5.44. The molecule has 1 aromatic heterocycles. The third-order valence-electron chi connectivity index (χ3n) is 4.45. The van der Waals surface area contributed by atoms with Gasteiger partial charge in [-0.1, -0.05) is 48.7 Å². The van der Waals surface area contributed by atoms with Crippen molar-refractivity contribution in [1.29, 1.82) is 0 Å². The molecule has 1 fully saturated rings. The highest BCUT2D eigenvalue weighted by Gasteiger charge is 2.22. The van der Waals surface area contributed by atoms with Gasteiger partial charge in [0.1, 0.15) is 0 Å². The van der Waals surface area contributed by atoms with Crippen LogP contribution in [0.2, 0.25) is 5.02 Å². The number of carbonyl (C=O) groups is 1. The maximum absolute atomic E-state index is 12.1. The van der Waals surface area contributed by atoms with Gasteiger partial charge in [-0.2, -0.15) is 0 Å². The zero-order valence-electron chi connectivity index (χ0n) is 14.2. The molecule has 1 aliphatic carbocycles. The number of rotatable bonds is 5. The Morgan fingerprint density at radius 3 is 2.84 bits per heavy atom. The van der Waals surface area contributed by atoms with Gasteiger partial charge in [0.05, 0.1) is 5.75 Å². The molecule has 3 N–H and O–H groups in total. The summed E-state index contributed by atoms with van der Waals surface area (Å²) in [6.45, 7) is 1.92. The van der Waals surface area contributed by atoms with Crippen LogP contribution in [0.1, 0.15) is 49.4 Å². The van der Waals surface area contributed by atoms with Crippen molar-refractivity contribution in [2.45, 2.75) is 50.1 Å². The standard InChI is InChI=1S/C17H22ClN5OS/c1-11-7-8-13(9-14(11)18)20-15(24)10-25-17-22-21-16(23(17)19)12-5-3-2-4-6-12/h7-9,12H,2-6,10,19H2,1H3,(H,20,24). The number of anilines is 1. The van der Waals surface area contributed by atoms with E-state index in [2.05, 4.69) is 15.5 Å². The van der Waals surface area contributed by atoms with Crippen molar-refractivity contribution in [1.82, 2.24) is 14.9 Å². The number of aromatic nitrogens is 3. The predicted molar refractivity (Wildman–Crippen MR) is 102 cm³/mol. The van der Waals surface area contributed by atoms with Gasteiger partial charge >= 0.3 is 0 Å². The van der Waals surface area contributed by atoms with E-state index in [1.165, 1.54) is 35.7 Å². The Balaban J connectivity index is 1.56. The Bertz CT molecular complexity index is 757. The van der Waals surface area contributed by atoms with Crippen LogP contribution in [0.15, 0.2) is 23.4 Å². The third-order valence-corrected chi connectivity index (χ3v) is 5.80. The Morgan fingerprint density at radius 1 is 1.36 bits per heavy atom. The average molecular weight is 380 g/mol. The summed E-state index contributed by atoms with van der Waals surface area (Å²) in [5, 5.41) is 12.4. The molecule has 0 saturated heterocycles. The topological polar surface area (TPSA) is 85.8 Å². The predicted octanol–water partition coefficient (Wildman–Crippen LogP) is 3.73. The van der Waals surface area contributed by atoms with Gasteiger partial charge < -0.3 is 11.2 Å². The average Bonchev–Trinajstić information content (AvgIpc) is 2.98. The number of halogens is 1. The first-order chi connectivity index (χ1) is 12.0. The number of carbonyl (C=O) groups excluding carboxylic acids is 1. The largest absolute Gasteiger partial charge is 0.336 e. The smallest absolute Gasteiger partial charge is 0.234 e. The fraction of sp³-hybridized carbons (Fsp3) is 0.471. The fourth-order valence-electron chi connectivity index (χ4n) is 3.02. The Labute approximate surface area is 156 Å². The molecule has 0 radical (unpaired) electrons. The molecule has 25 heavy (non-hydrogen) atoms. The molecule has 1 amide bonds.